The van der Waals surface area contributed by atoms with Crippen LogP contribution >= 0.6 is 11.6 Å². The van der Waals surface area contributed by atoms with Crippen molar-refractivity contribution in [2.75, 3.05) is 12.3 Å². The third-order valence-electron chi connectivity index (χ3n) is 6.66. The Morgan fingerprint density at radius 2 is 1.56 bits per heavy atom. The third kappa shape index (κ3) is 6.78. The Bertz CT molecular complexity index is 1830. The standard InChI is InChI=1S/C30H23ClN6O8/c31-21-13-7-12-20(16-21)28(40)44-24-23(43-27(39)19-10-5-2-6-11-19)25(37-15-14-22(32)34-29(37)41)45-30(24,35-36-33)17-42-26(38)18-8-3-1-4-9-18/h1-16,23-25H,17H2,(H2,32,34,41)/t23-,24+,25-,30-/m1/s1. The average Bonchev–Trinajstić information content (AvgIpc) is 3.32. The number of azide groups is 1. The van der Waals surface area contributed by atoms with Gasteiger partial charge in [-0.2, -0.15) is 4.98 Å². The van der Waals surface area contributed by atoms with E-state index in [-0.39, 0.29) is 27.5 Å². The van der Waals surface area contributed by atoms with Crippen molar-refractivity contribution in [3.8, 4) is 0 Å². The molecular weight excluding hydrogens is 608 g/mol. The maximum Gasteiger partial charge on any atom is 0.351 e. The number of hydrogen-bond donors (Lipinski definition) is 1. The van der Waals surface area contributed by atoms with Crippen LogP contribution in [-0.4, -0.2) is 52.0 Å². The van der Waals surface area contributed by atoms with Crippen LogP contribution in [0.15, 0.2) is 107 Å². The summed E-state index contributed by atoms with van der Waals surface area (Å²) in [6, 6.07) is 22.7. The molecule has 1 aliphatic rings. The predicted molar refractivity (Wildman–Crippen MR) is 158 cm³/mol. The Hall–Kier alpha value is -5.69. The molecule has 5 rings (SSSR count). The monoisotopic (exact) mass is 630 g/mol. The summed E-state index contributed by atoms with van der Waals surface area (Å²) in [6.45, 7) is -0.828. The number of nitrogens with two attached hydrogens (primary N) is 1. The number of aromatic nitrogens is 2. The quantitative estimate of drug-likeness (QED) is 0.0913. The molecule has 3 aromatic carbocycles. The van der Waals surface area contributed by atoms with Gasteiger partial charge in [0.05, 0.1) is 16.7 Å². The van der Waals surface area contributed by atoms with Gasteiger partial charge in [-0.25, -0.2) is 19.2 Å². The molecule has 15 heteroatoms. The van der Waals surface area contributed by atoms with Crippen LogP contribution in [0.25, 0.3) is 10.4 Å². The van der Waals surface area contributed by atoms with E-state index < -0.39 is 54.4 Å². The zero-order valence-corrected chi connectivity index (χ0v) is 23.9. The molecule has 1 fully saturated rings. The predicted octanol–water partition coefficient (Wildman–Crippen LogP) is 4.32. The van der Waals surface area contributed by atoms with E-state index in [0.29, 0.717) is 0 Å². The Labute approximate surface area is 259 Å². The van der Waals surface area contributed by atoms with Crippen molar-refractivity contribution in [2.45, 2.75) is 24.2 Å². The van der Waals surface area contributed by atoms with Gasteiger partial charge in [0.15, 0.2) is 18.4 Å². The van der Waals surface area contributed by atoms with Gasteiger partial charge in [-0.3, -0.25) is 4.57 Å². The minimum Gasteiger partial charge on any atom is -0.459 e. The fourth-order valence-corrected chi connectivity index (χ4v) is 4.75. The molecule has 0 aliphatic carbocycles. The maximum absolute atomic E-state index is 13.4. The molecule has 1 saturated heterocycles. The van der Waals surface area contributed by atoms with E-state index in [0.717, 1.165) is 4.57 Å². The molecule has 0 spiro atoms. The maximum atomic E-state index is 13.4. The molecule has 2 heterocycles. The average molecular weight is 631 g/mol. The van der Waals surface area contributed by atoms with Gasteiger partial charge in [0.2, 0.25) is 5.72 Å². The summed E-state index contributed by atoms with van der Waals surface area (Å²) in [5.41, 5.74) is 12.3. The summed E-state index contributed by atoms with van der Waals surface area (Å²) < 4.78 is 24.1. The van der Waals surface area contributed by atoms with Crippen molar-refractivity contribution >= 4 is 35.3 Å². The van der Waals surface area contributed by atoms with Crippen molar-refractivity contribution in [3.05, 3.63) is 140 Å². The fraction of sp³-hybridized carbons (Fsp3) is 0.167. The van der Waals surface area contributed by atoms with Crippen LogP contribution in [0.3, 0.4) is 0 Å². The first kappa shape index (κ1) is 30.8. The van der Waals surface area contributed by atoms with E-state index in [4.69, 9.17) is 36.3 Å². The van der Waals surface area contributed by atoms with Crippen LogP contribution < -0.4 is 11.4 Å². The molecule has 4 aromatic rings. The minimum absolute atomic E-state index is 0.0125. The van der Waals surface area contributed by atoms with E-state index in [2.05, 4.69) is 15.0 Å². The van der Waals surface area contributed by atoms with Crippen molar-refractivity contribution in [2.24, 2.45) is 5.11 Å². The summed E-state index contributed by atoms with van der Waals surface area (Å²) in [5.74, 6) is -2.83. The van der Waals surface area contributed by atoms with Gasteiger partial charge in [0.25, 0.3) is 0 Å². The van der Waals surface area contributed by atoms with Crippen LogP contribution in [0.4, 0.5) is 5.82 Å². The third-order valence-corrected chi connectivity index (χ3v) is 6.89. The Kier molecular flexibility index (Phi) is 9.09. The molecular formula is C30H23ClN6O8. The number of halogens is 1. The van der Waals surface area contributed by atoms with Crippen LogP contribution in [0, 0.1) is 0 Å². The molecule has 14 nitrogen and oxygen atoms in total. The number of carbonyl (C=O) groups excluding carboxylic acids is 3. The van der Waals surface area contributed by atoms with E-state index in [1.807, 2.05) is 0 Å². The second-order valence-corrected chi connectivity index (χ2v) is 10.0. The van der Waals surface area contributed by atoms with E-state index in [1.54, 1.807) is 36.4 Å². The molecule has 1 aliphatic heterocycles. The number of carbonyl (C=O) groups is 3. The fourth-order valence-electron chi connectivity index (χ4n) is 4.56. The van der Waals surface area contributed by atoms with Gasteiger partial charge in [-0.15, -0.1) is 0 Å². The topological polar surface area (TPSA) is 198 Å². The zero-order valence-electron chi connectivity index (χ0n) is 23.1. The Morgan fingerprint density at radius 3 is 2.18 bits per heavy atom. The van der Waals surface area contributed by atoms with E-state index in [1.165, 1.54) is 60.8 Å². The number of benzene rings is 3. The first-order chi connectivity index (χ1) is 21.7. The largest absolute Gasteiger partial charge is 0.459 e. The SMILES string of the molecule is [N-]=[N+]=N[C@]1(COC(=O)c2ccccc2)O[C@@H](n2ccc(N)nc2=O)[C@H](OC(=O)c2ccccc2)[C@@H]1OC(=O)c1cccc(Cl)c1. The van der Waals surface area contributed by atoms with Crippen molar-refractivity contribution in [1.82, 2.24) is 9.55 Å². The lowest BCUT2D eigenvalue weighted by atomic mass is 10.0. The van der Waals surface area contributed by atoms with Crippen LogP contribution in [0.2, 0.25) is 5.02 Å². The van der Waals surface area contributed by atoms with E-state index in [9.17, 15) is 24.7 Å². The molecule has 228 valence electrons. The lowest BCUT2D eigenvalue weighted by Gasteiger charge is -2.29. The highest BCUT2D eigenvalue weighted by molar-refractivity contribution is 6.30. The number of esters is 3. The van der Waals surface area contributed by atoms with Gasteiger partial charge in [0, 0.05) is 16.1 Å². The summed E-state index contributed by atoms with van der Waals surface area (Å²) in [7, 11) is 0. The number of nitrogens with zero attached hydrogens (tertiary/aromatic N) is 5. The Balaban J connectivity index is 1.61. The van der Waals surface area contributed by atoms with E-state index >= 15 is 0 Å². The number of ether oxygens (including phenoxy) is 4. The highest BCUT2D eigenvalue weighted by Gasteiger charge is 2.61. The van der Waals surface area contributed by atoms with Gasteiger partial charge in [0.1, 0.15) is 12.4 Å². The number of hydrogen-bond acceptors (Lipinski definition) is 11. The van der Waals surface area contributed by atoms with Crippen molar-refractivity contribution in [1.29, 1.82) is 0 Å². The first-order valence-electron chi connectivity index (χ1n) is 13.2. The van der Waals surface area contributed by atoms with Crippen LogP contribution in [0.1, 0.15) is 37.3 Å². The van der Waals surface area contributed by atoms with Crippen molar-refractivity contribution < 1.29 is 33.3 Å². The lowest BCUT2D eigenvalue weighted by molar-refractivity contribution is -0.129. The normalized spacial score (nSPS) is 20.4. The summed E-state index contributed by atoms with van der Waals surface area (Å²) in [4.78, 5) is 59.2. The van der Waals surface area contributed by atoms with Gasteiger partial charge in [-0.1, -0.05) is 59.2 Å². The molecule has 0 amide bonds. The lowest BCUT2D eigenvalue weighted by Crippen LogP contribution is -2.49. The zero-order chi connectivity index (χ0) is 32.0. The van der Waals surface area contributed by atoms with Gasteiger partial charge in [-0.05, 0) is 54.1 Å². The molecule has 0 saturated carbocycles. The first-order valence-corrected chi connectivity index (χ1v) is 13.6. The van der Waals surface area contributed by atoms with Crippen molar-refractivity contribution in [3.63, 3.8) is 0 Å². The van der Waals surface area contributed by atoms with Gasteiger partial charge >= 0.3 is 23.6 Å². The summed E-state index contributed by atoms with van der Waals surface area (Å²) >= 11 is 6.07. The molecule has 45 heavy (non-hydrogen) atoms. The number of nitrogen functional groups attached to an aromatic ring is 1. The number of rotatable bonds is 9. The molecule has 1 aromatic heterocycles. The molecule has 2 N–H and O–H groups in total. The molecule has 0 radical (unpaired) electrons. The highest BCUT2D eigenvalue weighted by Crippen LogP contribution is 2.43. The minimum atomic E-state index is -2.36. The smallest absolute Gasteiger partial charge is 0.351 e. The second kappa shape index (κ2) is 13.3. The van der Waals surface area contributed by atoms with Gasteiger partial charge < -0.3 is 24.7 Å². The van der Waals surface area contributed by atoms with Crippen LogP contribution in [-0.2, 0) is 18.9 Å². The molecule has 4 atom stereocenters. The summed E-state index contributed by atoms with van der Waals surface area (Å²) in [6.07, 6.45) is -3.86. The number of anilines is 1. The molecule has 0 bridgehead atoms. The summed E-state index contributed by atoms with van der Waals surface area (Å²) in [5, 5.41) is 3.96. The van der Waals surface area contributed by atoms with Crippen LogP contribution in [0.5, 0.6) is 0 Å². The highest BCUT2D eigenvalue weighted by atomic mass is 35.5. The molecule has 0 unspecified atom stereocenters. The Morgan fingerprint density at radius 1 is 0.933 bits per heavy atom. The second-order valence-electron chi connectivity index (χ2n) is 9.60.